The van der Waals surface area contributed by atoms with E-state index in [1.807, 2.05) is 30.0 Å². The van der Waals surface area contributed by atoms with Gasteiger partial charge in [-0.05, 0) is 115 Å². The molecule has 5 heteroatoms. The van der Waals surface area contributed by atoms with Crippen molar-refractivity contribution in [2.24, 2.45) is 10.9 Å². The highest BCUT2D eigenvalue weighted by molar-refractivity contribution is 7.98. The minimum Gasteiger partial charge on any atom is -0.313 e. The van der Waals surface area contributed by atoms with Crippen molar-refractivity contribution in [1.29, 1.82) is 0 Å². The van der Waals surface area contributed by atoms with Crippen LogP contribution >= 0.6 is 11.8 Å². The lowest BCUT2D eigenvalue weighted by Crippen LogP contribution is -2.15. The number of thioether (sulfide) groups is 1. The minimum atomic E-state index is 0.489. The summed E-state index contributed by atoms with van der Waals surface area (Å²) in [5.41, 5.74) is 9.38. The summed E-state index contributed by atoms with van der Waals surface area (Å²) in [4.78, 5) is 5.08. The second-order valence-corrected chi connectivity index (χ2v) is 10.7. The van der Waals surface area contributed by atoms with E-state index in [1.54, 1.807) is 17.3 Å². The lowest BCUT2D eigenvalue weighted by molar-refractivity contribution is 0.568. The van der Waals surface area contributed by atoms with E-state index < -0.39 is 0 Å². The maximum Gasteiger partial charge on any atom is 0.151 e. The van der Waals surface area contributed by atoms with Crippen molar-refractivity contribution in [1.82, 2.24) is 15.1 Å². The van der Waals surface area contributed by atoms with Crippen molar-refractivity contribution >= 4 is 23.3 Å². The van der Waals surface area contributed by atoms with E-state index in [0.717, 1.165) is 67.3 Å². The van der Waals surface area contributed by atoms with E-state index in [9.17, 15) is 0 Å². The van der Waals surface area contributed by atoms with Crippen LogP contribution in [0.3, 0.4) is 0 Å². The monoisotopic (exact) mass is 504 g/mol. The maximum atomic E-state index is 5.08. The highest BCUT2D eigenvalue weighted by atomic mass is 32.2. The molecule has 0 saturated heterocycles. The number of hydrogen-bond acceptors (Lipinski definition) is 4. The molecule has 1 N–H and O–H groups in total. The zero-order chi connectivity index (χ0) is 26.1. The average molecular weight is 505 g/mol. The van der Waals surface area contributed by atoms with E-state index in [-0.39, 0.29) is 0 Å². The normalized spacial score (nSPS) is 18.8. The Morgan fingerprint density at radius 3 is 2.75 bits per heavy atom. The van der Waals surface area contributed by atoms with Crippen LogP contribution < -0.4 is 5.32 Å². The molecule has 1 aromatic heterocycles. The molecule has 2 aliphatic rings. The Labute approximate surface area is 223 Å². The van der Waals surface area contributed by atoms with Crippen molar-refractivity contribution in [2.75, 3.05) is 19.3 Å². The third-order valence-corrected chi connectivity index (χ3v) is 8.29. The molecule has 36 heavy (non-hydrogen) atoms. The number of allylic oxidation sites excluding steroid dienone is 8. The van der Waals surface area contributed by atoms with Gasteiger partial charge in [-0.1, -0.05) is 35.5 Å². The maximum absolute atomic E-state index is 5.08. The van der Waals surface area contributed by atoms with Crippen LogP contribution in [0, 0.1) is 12.8 Å². The molecule has 0 fully saturated rings. The molecule has 0 bridgehead atoms. The molecule has 1 aliphatic heterocycles. The molecular weight excluding hydrogens is 460 g/mol. The van der Waals surface area contributed by atoms with Crippen LogP contribution in [0.4, 0.5) is 0 Å². The van der Waals surface area contributed by atoms with E-state index in [1.165, 1.54) is 35.1 Å². The Balaban J connectivity index is 1.82. The third-order valence-electron chi connectivity index (χ3n) is 7.41. The summed E-state index contributed by atoms with van der Waals surface area (Å²) in [7, 11) is 0. The lowest BCUT2D eigenvalue weighted by atomic mass is 9.83. The summed E-state index contributed by atoms with van der Waals surface area (Å²) in [6.07, 6.45) is 20.3. The zero-order valence-electron chi connectivity index (χ0n) is 23.0. The molecule has 3 rings (SSSR count). The SMILES string of the molecule is C=CC(=N/C(=C\C)n1ncc(C)c1SC)C1=CCCC(C)=C1CCC(C=C)CC1=C(C)CNCCC1. The zero-order valence-corrected chi connectivity index (χ0v) is 23.8. The Morgan fingerprint density at radius 1 is 1.25 bits per heavy atom. The summed E-state index contributed by atoms with van der Waals surface area (Å²) in [6.45, 7) is 19.2. The summed E-state index contributed by atoms with van der Waals surface area (Å²) in [5, 5.41) is 9.26. The van der Waals surface area contributed by atoms with Crippen molar-refractivity contribution < 1.29 is 0 Å². The van der Waals surface area contributed by atoms with Gasteiger partial charge in [0.2, 0.25) is 0 Å². The molecule has 4 nitrogen and oxygen atoms in total. The van der Waals surface area contributed by atoms with Gasteiger partial charge in [-0.2, -0.15) is 5.10 Å². The van der Waals surface area contributed by atoms with Crippen molar-refractivity contribution in [2.45, 2.75) is 77.7 Å². The smallest absolute Gasteiger partial charge is 0.151 e. The first kappa shape index (κ1) is 28.2. The van der Waals surface area contributed by atoms with Crippen LogP contribution in [0.25, 0.3) is 5.82 Å². The number of nitrogens with one attached hydrogen (secondary N) is 1. The van der Waals surface area contributed by atoms with Crippen LogP contribution in [0.15, 0.2) is 81.5 Å². The molecule has 1 atom stereocenters. The van der Waals surface area contributed by atoms with Crippen LogP contribution in [-0.2, 0) is 0 Å². The highest BCUT2D eigenvalue weighted by Crippen LogP contribution is 2.34. The minimum absolute atomic E-state index is 0.489. The van der Waals surface area contributed by atoms with E-state index in [0.29, 0.717) is 5.92 Å². The Kier molecular flexibility index (Phi) is 10.8. The molecule has 194 valence electrons. The van der Waals surface area contributed by atoms with Gasteiger partial charge < -0.3 is 5.32 Å². The summed E-state index contributed by atoms with van der Waals surface area (Å²) < 4.78 is 1.94. The van der Waals surface area contributed by atoms with Gasteiger partial charge in [-0.25, -0.2) is 9.67 Å². The van der Waals surface area contributed by atoms with Gasteiger partial charge >= 0.3 is 0 Å². The standard InChI is InChI=1S/C31H44N4S/c1-8-25(19-26-14-12-18-32-20-23(26)5)16-17-27-22(4)13-11-15-28(27)29(9-2)34-30(10-3)35-31(36-7)24(6)21-33-35/h8-10,15,21,25,32H,1-2,11-14,16-20H2,3-7H3/b30-10+,34-29?. The fourth-order valence-electron chi connectivity index (χ4n) is 5.21. The molecule has 1 aromatic rings. The van der Waals surface area contributed by atoms with E-state index in [4.69, 9.17) is 4.99 Å². The summed E-state index contributed by atoms with van der Waals surface area (Å²) in [5.74, 6) is 1.32. The molecule has 0 radical (unpaired) electrons. The van der Waals surface area contributed by atoms with Crippen LogP contribution in [0.1, 0.15) is 71.3 Å². The molecule has 0 aromatic carbocycles. The molecule has 0 amide bonds. The fourth-order valence-corrected chi connectivity index (χ4v) is 5.90. The van der Waals surface area contributed by atoms with Crippen LogP contribution in [-0.4, -0.2) is 34.8 Å². The predicted molar refractivity (Wildman–Crippen MR) is 159 cm³/mol. The van der Waals surface area contributed by atoms with Gasteiger partial charge in [-0.3, -0.25) is 0 Å². The van der Waals surface area contributed by atoms with Crippen molar-refractivity contribution in [3.63, 3.8) is 0 Å². The van der Waals surface area contributed by atoms with Crippen molar-refractivity contribution in [3.05, 3.63) is 77.1 Å². The first-order valence-electron chi connectivity index (χ1n) is 13.3. The van der Waals surface area contributed by atoms with E-state index >= 15 is 0 Å². The van der Waals surface area contributed by atoms with Crippen LogP contribution in [0.2, 0.25) is 0 Å². The molecule has 1 unspecified atom stereocenters. The second-order valence-electron chi connectivity index (χ2n) is 9.91. The summed E-state index contributed by atoms with van der Waals surface area (Å²) >= 11 is 1.70. The van der Waals surface area contributed by atoms with Gasteiger partial charge in [0, 0.05) is 12.1 Å². The molecule has 0 saturated carbocycles. The number of nitrogens with zero attached hydrogens (tertiary/aromatic N) is 3. The van der Waals surface area contributed by atoms with Gasteiger partial charge in [0.25, 0.3) is 0 Å². The number of aliphatic imine (C=N–C) groups is 1. The van der Waals surface area contributed by atoms with Gasteiger partial charge in [0.05, 0.1) is 11.9 Å². The first-order chi connectivity index (χ1) is 17.4. The molecule has 2 heterocycles. The predicted octanol–water partition coefficient (Wildman–Crippen LogP) is 8.07. The largest absolute Gasteiger partial charge is 0.313 e. The Morgan fingerprint density at radius 2 is 2.06 bits per heavy atom. The van der Waals surface area contributed by atoms with Gasteiger partial charge in [-0.15, -0.1) is 18.3 Å². The second kappa shape index (κ2) is 13.8. The van der Waals surface area contributed by atoms with E-state index in [2.05, 4.69) is 62.8 Å². The third kappa shape index (κ3) is 6.89. The number of aryl methyl sites for hydroxylation is 1. The number of rotatable bonds is 11. The first-order valence-corrected chi connectivity index (χ1v) is 14.5. The average Bonchev–Trinajstić information content (AvgIpc) is 3.13. The highest BCUT2D eigenvalue weighted by Gasteiger charge is 2.20. The number of aromatic nitrogens is 2. The fraction of sp³-hybridized carbons (Fsp3) is 0.484. The summed E-state index contributed by atoms with van der Waals surface area (Å²) in [6, 6.07) is 0. The molecular formula is C31H44N4S. The van der Waals surface area contributed by atoms with Gasteiger partial charge in [0.1, 0.15) is 5.03 Å². The number of hydrogen-bond donors (Lipinski definition) is 1. The lowest BCUT2D eigenvalue weighted by Gasteiger charge is -2.23. The van der Waals surface area contributed by atoms with Crippen molar-refractivity contribution in [3.8, 4) is 0 Å². The quantitative estimate of drug-likeness (QED) is 0.188. The van der Waals surface area contributed by atoms with Gasteiger partial charge in [0.15, 0.2) is 5.82 Å². The van der Waals surface area contributed by atoms with Crippen LogP contribution in [0.5, 0.6) is 0 Å². The topological polar surface area (TPSA) is 42.2 Å². The molecule has 0 spiro atoms. The molecule has 1 aliphatic carbocycles. The Bertz CT molecular complexity index is 1110. The Hall–Kier alpha value is -2.37.